The number of rotatable bonds is 3. The first-order valence-electron chi connectivity index (χ1n) is 11.2. The Balaban J connectivity index is 2.15. The minimum absolute atomic E-state index is 0.00435. The van der Waals surface area contributed by atoms with Gasteiger partial charge in [0, 0.05) is 28.0 Å². The zero-order valence-electron chi connectivity index (χ0n) is 20.8. The summed E-state index contributed by atoms with van der Waals surface area (Å²) in [6.07, 6.45) is 0. The molecule has 34 heavy (non-hydrogen) atoms. The maximum Gasteiger partial charge on any atom is 0.497 e. The van der Waals surface area contributed by atoms with Crippen LogP contribution in [0.5, 0.6) is 0 Å². The van der Waals surface area contributed by atoms with Crippen LogP contribution in [0.3, 0.4) is 0 Å². The van der Waals surface area contributed by atoms with Crippen LogP contribution < -0.4 is 5.46 Å². The standard InChI is InChI=1S/C25H30BF2NO4S/c1-15-9-11-17(12-10-15)34(30,31)29-21-18(13-16(27)14-19(21)28)20(22(29)23(2,3)4)26-32-24(5,6)25(7,8)33-26/h9-14H,1-8H3. The zero-order chi connectivity index (χ0) is 25.4. The highest BCUT2D eigenvalue weighted by Gasteiger charge is 2.54. The number of aryl methyl sites for hydroxylation is 1. The van der Waals surface area contributed by atoms with E-state index >= 15 is 4.39 Å². The Kier molecular flexibility index (Phi) is 5.59. The Labute approximate surface area is 200 Å². The molecule has 2 heterocycles. The summed E-state index contributed by atoms with van der Waals surface area (Å²) in [5.41, 5.74) is -0.999. The third-order valence-electron chi connectivity index (χ3n) is 6.74. The zero-order valence-corrected chi connectivity index (χ0v) is 21.6. The van der Waals surface area contributed by atoms with Crippen molar-refractivity contribution in [2.75, 3.05) is 0 Å². The van der Waals surface area contributed by atoms with E-state index in [-0.39, 0.29) is 21.5 Å². The Morgan fingerprint density at radius 3 is 1.97 bits per heavy atom. The number of hydrogen-bond acceptors (Lipinski definition) is 4. The van der Waals surface area contributed by atoms with E-state index in [4.69, 9.17) is 9.31 Å². The molecule has 1 aliphatic heterocycles. The molecule has 182 valence electrons. The maximum absolute atomic E-state index is 15.4. The number of benzene rings is 2. The van der Waals surface area contributed by atoms with Crippen LogP contribution in [0.15, 0.2) is 41.3 Å². The van der Waals surface area contributed by atoms with Crippen LogP contribution in [-0.4, -0.2) is 30.7 Å². The molecule has 0 unspecified atom stereocenters. The van der Waals surface area contributed by atoms with Crippen molar-refractivity contribution in [3.63, 3.8) is 0 Å². The summed E-state index contributed by atoms with van der Waals surface area (Å²) in [6.45, 7) is 14.8. The molecule has 9 heteroatoms. The second-order valence-corrected chi connectivity index (χ2v) is 12.8. The summed E-state index contributed by atoms with van der Waals surface area (Å²) in [7, 11) is -5.27. The lowest BCUT2D eigenvalue weighted by atomic mass is 9.72. The van der Waals surface area contributed by atoms with Gasteiger partial charge in [-0.1, -0.05) is 38.5 Å². The van der Waals surface area contributed by atoms with Crippen molar-refractivity contribution in [1.82, 2.24) is 3.97 Å². The Morgan fingerprint density at radius 2 is 1.47 bits per heavy atom. The fourth-order valence-electron chi connectivity index (χ4n) is 4.29. The van der Waals surface area contributed by atoms with Crippen LogP contribution in [0.2, 0.25) is 0 Å². The summed E-state index contributed by atoms with van der Waals surface area (Å²) in [4.78, 5) is 0.00435. The van der Waals surface area contributed by atoms with Gasteiger partial charge in [-0.3, -0.25) is 0 Å². The van der Waals surface area contributed by atoms with Crippen molar-refractivity contribution in [1.29, 1.82) is 0 Å². The molecule has 1 aliphatic rings. The first-order chi connectivity index (χ1) is 15.5. The monoisotopic (exact) mass is 489 g/mol. The SMILES string of the molecule is Cc1ccc(S(=O)(=O)n2c(C(C)(C)C)c(B3OC(C)(C)C(C)(C)O3)c3cc(F)cc(F)c32)cc1. The number of aromatic nitrogens is 1. The molecule has 1 aromatic heterocycles. The largest absolute Gasteiger partial charge is 0.497 e. The summed E-state index contributed by atoms with van der Waals surface area (Å²) < 4.78 is 71.3. The van der Waals surface area contributed by atoms with Gasteiger partial charge >= 0.3 is 7.12 Å². The molecule has 0 saturated carbocycles. The van der Waals surface area contributed by atoms with Crippen LogP contribution in [0.4, 0.5) is 8.78 Å². The van der Waals surface area contributed by atoms with Gasteiger partial charge < -0.3 is 9.31 Å². The summed E-state index contributed by atoms with van der Waals surface area (Å²) in [5, 5.41) is 0.108. The number of nitrogens with zero attached hydrogens (tertiary/aromatic N) is 1. The van der Waals surface area contributed by atoms with E-state index in [9.17, 15) is 12.8 Å². The number of halogens is 2. The first-order valence-corrected chi connectivity index (χ1v) is 12.6. The van der Waals surface area contributed by atoms with E-state index in [0.717, 1.165) is 15.6 Å². The van der Waals surface area contributed by atoms with Gasteiger partial charge in [0.25, 0.3) is 10.0 Å². The first kappa shape index (κ1) is 24.9. The molecule has 4 rings (SSSR count). The van der Waals surface area contributed by atoms with Gasteiger partial charge in [0.1, 0.15) is 5.82 Å². The van der Waals surface area contributed by atoms with E-state index in [1.807, 2.05) is 55.4 Å². The van der Waals surface area contributed by atoms with Gasteiger partial charge in [0.05, 0.1) is 21.6 Å². The molecule has 0 radical (unpaired) electrons. The van der Waals surface area contributed by atoms with Crippen molar-refractivity contribution in [3.05, 3.63) is 59.3 Å². The van der Waals surface area contributed by atoms with Gasteiger partial charge in [-0.15, -0.1) is 0 Å². The molecule has 0 bridgehead atoms. The minimum atomic E-state index is -4.25. The van der Waals surface area contributed by atoms with Crippen molar-refractivity contribution >= 4 is 33.5 Å². The summed E-state index contributed by atoms with van der Waals surface area (Å²) in [6, 6.07) is 8.18. The molecular formula is C25H30BF2NO4S. The lowest BCUT2D eigenvalue weighted by Crippen LogP contribution is -2.41. The molecule has 0 atom stereocenters. The van der Waals surface area contributed by atoms with Crippen LogP contribution >= 0.6 is 0 Å². The normalized spacial score (nSPS) is 18.1. The summed E-state index contributed by atoms with van der Waals surface area (Å²) in [5.74, 6) is -1.79. The molecule has 5 nitrogen and oxygen atoms in total. The van der Waals surface area contributed by atoms with Crippen LogP contribution in [0.25, 0.3) is 10.9 Å². The van der Waals surface area contributed by atoms with Gasteiger partial charge in [-0.25, -0.2) is 21.2 Å². The molecule has 1 saturated heterocycles. The maximum atomic E-state index is 15.4. The molecule has 0 spiro atoms. The van der Waals surface area contributed by atoms with Gasteiger partial charge in [0.15, 0.2) is 5.82 Å². The minimum Gasteiger partial charge on any atom is -0.399 e. The van der Waals surface area contributed by atoms with Crippen LogP contribution in [0.1, 0.15) is 59.7 Å². The lowest BCUT2D eigenvalue weighted by molar-refractivity contribution is 0.00578. The fraction of sp³-hybridized carbons (Fsp3) is 0.440. The number of fused-ring (bicyclic) bond motifs is 1. The molecule has 0 N–H and O–H groups in total. The van der Waals surface area contributed by atoms with Gasteiger partial charge in [0.2, 0.25) is 0 Å². The highest BCUT2D eigenvalue weighted by Crippen LogP contribution is 2.40. The highest BCUT2D eigenvalue weighted by molar-refractivity contribution is 7.90. The molecular weight excluding hydrogens is 459 g/mol. The predicted octanol–water partition coefficient (Wildman–Crippen LogP) is 5.06. The summed E-state index contributed by atoms with van der Waals surface area (Å²) >= 11 is 0. The van der Waals surface area contributed by atoms with E-state index in [2.05, 4.69) is 0 Å². The molecule has 0 aliphatic carbocycles. The topological polar surface area (TPSA) is 57.5 Å². The second-order valence-electron chi connectivity index (χ2n) is 11.0. The second kappa shape index (κ2) is 7.64. The van der Waals surface area contributed by atoms with E-state index in [1.165, 1.54) is 12.1 Å². The van der Waals surface area contributed by atoms with Crippen LogP contribution in [0, 0.1) is 18.6 Å². The van der Waals surface area contributed by atoms with Crippen molar-refractivity contribution in [2.45, 2.75) is 76.9 Å². The van der Waals surface area contributed by atoms with Crippen molar-refractivity contribution in [2.24, 2.45) is 0 Å². The average molecular weight is 489 g/mol. The molecule has 3 aromatic rings. The third kappa shape index (κ3) is 3.78. The fourth-order valence-corrected chi connectivity index (χ4v) is 6.02. The van der Waals surface area contributed by atoms with Crippen LogP contribution in [-0.2, 0) is 24.7 Å². The van der Waals surface area contributed by atoms with Crippen molar-refractivity contribution in [3.8, 4) is 0 Å². The van der Waals surface area contributed by atoms with E-state index in [1.54, 1.807) is 12.1 Å². The Bertz CT molecular complexity index is 1370. The van der Waals surface area contributed by atoms with E-state index < -0.39 is 45.4 Å². The Morgan fingerprint density at radius 1 is 0.941 bits per heavy atom. The molecule has 1 fully saturated rings. The van der Waals surface area contributed by atoms with Crippen molar-refractivity contribution < 1.29 is 26.5 Å². The van der Waals surface area contributed by atoms with Gasteiger partial charge in [-0.2, -0.15) is 0 Å². The molecule has 0 amide bonds. The predicted molar refractivity (Wildman–Crippen MR) is 130 cm³/mol. The number of hydrogen-bond donors (Lipinski definition) is 0. The molecule has 2 aromatic carbocycles. The lowest BCUT2D eigenvalue weighted by Gasteiger charge is -2.32. The third-order valence-corrected chi connectivity index (χ3v) is 8.45. The smallest absolute Gasteiger partial charge is 0.399 e. The quantitative estimate of drug-likeness (QED) is 0.483. The highest BCUT2D eigenvalue weighted by atomic mass is 32.2. The average Bonchev–Trinajstić information content (AvgIpc) is 3.13. The van der Waals surface area contributed by atoms with Gasteiger partial charge in [-0.05, 0) is 52.8 Å². The Hall–Kier alpha value is -2.23. The van der Waals surface area contributed by atoms with E-state index in [0.29, 0.717) is 11.5 Å².